The minimum Gasteiger partial charge on any atom is -0.340 e. The van der Waals surface area contributed by atoms with E-state index in [1.54, 1.807) is 4.90 Å². The third-order valence-electron chi connectivity index (χ3n) is 2.84. The molecule has 17 heavy (non-hydrogen) atoms. The van der Waals surface area contributed by atoms with Gasteiger partial charge in [-0.3, -0.25) is 19.9 Å². The van der Waals surface area contributed by atoms with Crippen LogP contribution in [0.3, 0.4) is 0 Å². The first kappa shape index (κ1) is 13.7. The summed E-state index contributed by atoms with van der Waals surface area (Å²) in [6, 6.07) is 0. The van der Waals surface area contributed by atoms with Crippen LogP contribution in [0.1, 0.15) is 12.8 Å². The van der Waals surface area contributed by atoms with E-state index < -0.39 is 0 Å². The summed E-state index contributed by atoms with van der Waals surface area (Å²) in [5.41, 5.74) is 2.02. The molecule has 6 nitrogen and oxygen atoms in total. The molecular formula is C11H20N4O2. The molecule has 96 valence electrons. The number of carbonyl (C=O) groups is 2. The van der Waals surface area contributed by atoms with E-state index in [1.807, 2.05) is 11.5 Å². The highest BCUT2D eigenvalue weighted by Gasteiger charge is 2.20. The zero-order valence-corrected chi connectivity index (χ0v) is 10.0. The summed E-state index contributed by atoms with van der Waals surface area (Å²) in [7, 11) is 0. The summed E-state index contributed by atoms with van der Waals surface area (Å²) < 4.78 is 0. The predicted molar refractivity (Wildman–Crippen MR) is 64.8 cm³/mol. The van der Waals surface area contributed by atoms with Crippen LogP contribution in [0, 0.1) is 0 Å². The van der Waals surface area contributed by atoms with Crippen LogP contribution in [-0.4, -0.2) is 54.3 Å². The molecule has 0 aromatic rings. The Hall–Kier alpha value is -1.40. The molecule has 0 bridgehead atoms. The first-order chi connectivity index (χ1) is 8.17. The summed E-state index contributed by atoms with van der Waals surface area (Å²) >= 11 is 0. The highest BCUT2D eigenvalue weighted by Crippen LogP contribution is 2.05. The molecule has 0 atom stereocenters. The Morgan fingerprint density at radius 3 is 2.41 bits per heavy atom. The van der Waals surface area contributed by atoms with Gasteiger partial charge >= 0.3 is 0 Å². The van der Waals surface area contributed by atoms with Crippen molar-refractivity contribution in [3.05, 3.63) is 12.7 Å². The quantitative estimate of drug-likeness (QED) is 0.282. The summed E-state index contributed by atoms with van der Waals surface area (Å²) in [5.74, 6) is 4.67. The summed E-state index contributed by atoms with van der Waals surface area (Å²) in [6.45, 7) is 7.71. The van der Waals surface area contributed by atoms with Crippen molar-refractivity contribution in [3.63, 3.8) is 0 Å². The lowest BCUT2D eigenvalue weighted by molar-refractivity contribution is -0.135. The van der Waals surface area contributed by atoms with Crippen LogP contribution in [0.5, 0.6) is 0 Å². The van der Waals surface area contributed by atoms with Gasteiger partial charge < -0.3 is 4.90 Å². The summed E-state index contributed by atoms with van der Waals surface area (Å²) in [6.07, 6.45) is 2.25. The van der Waals surface area contributed by atoms with Gasteiger partial charge in [-0.2, -0.15) is 0 Å². The molecule has 0 radical (unpaired) electrons. The summed E-state index contributed by atoms with van der Waals surface area (Å²) in [4.78, 5) is 26.7. The SMILES string of the molecule is C=CCN1CCN(C(=O)CCC(=O)NN)CC1. The van der Waals surface area contributed by atoms with Crippen molar-refractivity contribution in [2.75, 3.05) is 32.7 Å². The average molecular weight is 240 g/mol. The Morgan fingerprint density at radius 2 is 1.88 bits per heavy atom. The number of hydrogen-bond acceptors (Lipinski definition) is 4. The molecule has 0 aliphatic carbocycles. The molecule has 0 unspecified atom stereocenters. The fourth-order valence-electron chi connectivity index (χ4n) is 1.81. The molecular weight excluding hydrogens is 220 g/mol. The van der Waals surface area contributed by atoms with Crippen molar-refractivity contribution in [2.45, 2.75) is 12.8 Å². The number of rotatable bonds is 5. The van der Waals surface area contributed by atoms with Gasteiger partial charge in [0, 0.05) is 45.6 Å². The van der Waals surface area contributed by atoms with Crippen molar-refractivity contribution in [2.24, 2.45) is 5.84 Å². The first-order valence-electron chi connectivity index (χ1n) is 5.78. The number of hydrogen-bond donors (Lipinski definition) is 2. The van der Waals surface area contributed by atoms with Gasteiger partial charge in [-0.1, -0.05) is 6.08 Å². The second-order valence-electron chi connectivity index (χ2n) is 4.04. The standard InChI is InChI=1S/C11H20N4O2/c1-2-5-14-6-8-15(9-7-14)11(17)4-3-10(16)13-12/h2H,1,3-9,12H2,(H,13,16). The highest BCUT2D eigenvalue weighted by atomic mass is 16.2. The van der Waals surface area contributed by atoms with Crippen LogP contribution in [-0.2, 0) is 9.59 Å². The van der Waals surface area contributed by atoms with Crippen molar-refractivity contribution in [3.8, 4) is 0 Å². The smallest absolute Gasteiger partial charge is 0.234 e. The zero-order chi connectivity index (χ0) is 12.7. The van der Waals surface area contributed by atoms with Crippen molar-refractivity contribution in [1.82, 2.24) is 15.2 Å². The Bertz CT molecular complexity index is 285. The maximum Gasteiger partial charge on any atom is 0.234 e. The Morgan fingerprint density at radius 1 is 1.24 bits per heavy atom. The van der Waals surface area contributed by atoms with Gasteiger partial charge in [0.2, 0.25) is 11.8 Å². The van der Waals surface area contributed by atoms with Crippen molar-refractivity contribution in [1.29, 1.82) is 0 Å². The number of carbonyl (C=O) groups excluding carboxylic acids is 2. The first-order valence-corrected chi connectivity index (χ1v) is 5.78. The van der Waals surface area contributed by atoms with Gasteiger partial charge in [0.05, 0.1) is 0 Å². The van der Waals surface area contributed by atoms with Crippen LogP contribution in [0.25, 0.3) is 0 Å². The number of nitrogens with zero attached hydrogens (tertiary/aromatic N) is 2. The molecule has 1 aliphatic rings. The molecule has 6 heteroatoms. The number of nitrogens with two attached hydrogens (primary N) is 1. The second kappa shape index (κ2) is 7.03. The Kier molecular flexibility index (Phi) is 5.65. The van der Waals surface area contributed by atoms with Crippen molar-refractivity contribution < 1.29 is 9.59 Å². The van der Waals surface area contributed by atoms with Crippen molar-refractivity contribution >= 4 is 11.8 Å². The fraction of sp³-hybridized carbons (Fsp3) is 0.636. The molecule has 1 saturated heterocycles. The minimum absolute atomic E-state index is 0.0202. The van der Waals surface area contributed by atoms with Crippen LogP contribution in [0.2, 0.25) is 0 Å². The monoisotopic (exact) mass is 240 g/mol. The third-order valence-corrected chi connectivity index (χ3v) is 2.84. The van der Waals surface area contributed by atoms with E-state index in [0.717, 1.165) is 32.7 Å². The second-order valence-corrected chi connectivity index (χ2v) is 4.04. The molecule has 1 fully saturated rings. The maximum absolute atomic E-state index is 11.7. The Balaban J connectivity index is 2.26. The maximum atomic E-state index is 11.7. The largest absolute Gasteiger partial charge is 0.340 e. The molecule has 2 amide bonds. The lowest BCUT2D eigenvalue weighted by Gasteiger charge is -2.34. The van der Waals surface area contributed by atoms with E-state index in [2.05, 4.69) is 11.5 Å². The van der Waals surface area contributed by atoms with Crippen LogP contribution in [0.15, 0.2) is 12.7 Å². The molecule has 0 saturated carbocycles. The van der Waals surface area contributed by atoms with Gasteiger partial charge in [-0.15, -0.1) is 6.58 Å². The number of nitrogens with one attached hydrogen (secondary N) is 1. The van der Waals surface area contributed by atoms with Gasteiger partial charge in [0.25, 0.3) is 0 Å². The fourth-order valence-corrected chi connectivity index (χ4v) is 1.81. The van der Waals surface area contributed by atoms with E-state index in [4.69, 9.17) is 5.84 Å². The van der Waals surface area contributed by atoms with Gasteiger partial charge in [-0.25, -0.2) is 5.84 Å². The molecule has 0 aromatic carbocycles. The summed E-state index contributed by atoms with van der Waals surface area (Å²) in [5, 5.41) is 0. The number of piperazine rings is 1. The zero-order valence-electron chi connectivity index (χ0n) is 10.0. The van der Waals surface area contributed by atoms with Crippen LogP contribution < -0.4 is 11.3 Å². The molecule has 1 rings (SSSR count). The Labute approximate surface area is 101 Å². The number of amides is 2. The van der Waals surface area contributed by atoms with E-state index in [1.165, 1.54) is 0 Å². The molecule has 1 heterocycles. The van der Waals surface area contributed by atoms with Crippen LogP contribution in [0.4, 0.5) is 0 Å². The van der Waals surface area contributed by atoms with E-state index in [-0.39, 0.29) is 24.7 Å². The predicted octanol–water partition coefficient (Wildman–Crippen LogP) is -0.913. The lowest BCUT2D eigenvalue weighted by Crippen LogP contribution is -2.48. The normalized spacial score (nSPS) is 16.6. The lowest BCUT2D eigenvalue weighted by atomic mass is 10.2. The number of hydrazine groups is 1. The molecule has 1 aliphatic heterocycles. The average Bonchev–Trinajstić information content (AvgIpc) is 2.36. The van der Waals surface area contributed by atoms with Gasteiger partial charge in [0.1, 0.15) is 0 Å². The van der Waals surface area contributed by atoms with Crippen LogP contribution >= 0.6 is 0 Å². The van der Waals surface area contributed by atoms with E-state index in [9.17, 15) is 9.59 Å². The van der Waals surface area contributed by atoms with E-state index in [0.29, 0.717) is 0 Å². The topological polar surface area (TPSA) is 78.7 Å². The highest BCUT2D eigenvalue weighted by molar-refractivity contribution is 5.83. The van der Waals surface area contributed by atoms with Gasteiger partial charge in [-0.05, 0) is 0 Å². The van der Waals surface area contributed by atoms with Gasteiger partial charge in [0.15, 0.2) is 0 Å². The molecule has 3 N–H and O–H groups in total. The molecule has 0 spiro atoms. The molecule has 0 aromatic heterocycles. The minimum atomic E-state index is -0.302. The van der Waals surface area contributed by atoms with E-state index >= 15 is 0 Å². The third kappa shape index (κ3) is 4.54.